The highest BCUT2D eigenvalue weighted by Crippen LogP contribution is 2.22. The van der Waals surface area contributed by atoms with Crippen molar-refractivity contribution < 1.29 is 18.7 Å². The van der Waals surface area contributed by atoms with Gasteiger partial charge >= 0.3 is 0 Å². The maximum Gasteiger partial charge on any atom is 0.258 e. The maximum absolute atomic E-state index is 12.7. The number of hydrogen-bond donors (Lipinski definition) is 1. The first-order valence-corrected chi connectivity index (χ1v) is 7.35. The number of rotatable bonds is 6. The summed E-state index contributed by atoms with van der Waals surface area (Å²) in [6.45, 7) is 0.191. The summed E-state index contributed by atoms with van der Waals surface area (Å²) in [7, 11) is 1.58. The molecule has 0 saturated carbocycles. The summed E-state index contributed by atoms with van der Waals surface area (Å²) in [6.07, 6.45) is 0. The van der Waals surface area contributed by atoms with Gasteiger partial charge in [-0.3, -0.25) is 4.79 Å². The average molecular weight is 368 g/mol. The standard InChI is InChI=1S/C16H15BrFNO3/c1-21-15-7-2-12(17)8-11(15)9-19-16(20)10-22-14-5-3-13(18)4-6-14/h2-8H,9-10H2,1H3,(H,19,20). The molecule has 4 nitrogen and oxygen atoms in total. The number of amides is 1. The summed E-state index contributed by atoms with van der Waals surface area (Å²) in [5.74, 6) is 0.518. The topological polar surface area (TPSA) is 47.6 Å². The van der Waals surface area contributed by atoms with E-state index in [0.717, 1.165) is 10.0 Å². The van der Waals surface area contributed by atoms with Crippen LogP contribution in [0.4, 0.5) is 4.39 Å². The van der Waals surface area contributed by atoms with Gasteiger partial charge < -0.3 is 14.8 Å². The second kappa shape index (κ2) is 7.79. The van der Waals surface area contributed by atoms with Crippen molar-refractivity contribution in [3.63, 3.8) is 0 Å². The minimum absolute atomic E-state index is 0.137. The molecule has 1 amide bonds. The fourth-order valence-electron chi connectivity index (χ4n) is 1.81. The third-order valence-corrected chi connectivity index (χ3v) is 3.40. The number of methoxy groups -OCH3 is 1. The molecule has 0 unspecified atom stereocenters. The summed E-state index contributed by atoms with van der Waals surface area (Å²) in [5, 5.41) is 2.74. The number of nitrogens with one attached hydrogen (secondary N) is 1. The Morgan fingerprint density at radius 3 is 2.64 bits per heavy atom. The number of benzene rings is 2. The van der Waals surface area contributed by atoms with E-state index in [2.05, 4.69) is 21.2 Å². The van der Waals surface area contributed by atoms with Gasteiger partial charge in [-0.15, -0.1) is 0 Å². The van der Waals surface area contributed by atoms with Crippen LogP contribution in [0.3, 0.4) is 0 Å². The van der Waals surface area contributed by atoms with E-state index in [-0.39, 0.29) is 18.3 Å². The van der Waals surface area contributed by atoms with Crippen molar-refractivity contribution >= 4 is 21.8 Å². The smallest absolute Gasteiger partial charge is 0.258 e. The van der Waals surface area contributed by atoms with Gasteiger partial charge in [0, 0.05) is 16.6 Å². The first-order valence-electron chi connectivity index (χ1n) is 6.56. The molecule has 6 heteroatoms. The summed E-state index contributed by atoms with van der Waals surface area (Å²) in [5.41, 5.74) is 0.854. The van der Waals surface area contributed by atoms with Crippen LogP contribution in [-0.2, 0) is 11.3 Å². The lowest BCUT2D eigenvalue weighted by Gasteiger charge is -2.11. The zero-order chi connectivity index (χ0) is 15.9. The highest BCUT2D eigenvalue weighted by Gasteiger charge is 2.07. The SMILES string of the molecule is COc1ccc(Br)cc1CNC(=O)COc1ccc(F)cc1. The number of ether oxygens (including phenoxy) is 2. The molecule has 0 spiro atoms. The average Bonchev–Trinajstić information content (AvgIpc) is 2.52. The molecule has 116 valence electrons. The Morgan fingerprint density at radius 1 is 1.23 bits per heavy atom. The summed E-state index contributed by atoms with van der Waals surface area (Å²) in [4.78, 5) is 11.8. The van der Waals surface area contributed by atoms with Crippen LogP contribution in [0, 0.1) is 5.82 Å². The van der Waals surface area contributed by atoms with Gasteiger partial charge in [-0.05, 0) is 42.5 Å². The van der Waals surface area contributed by atoms with Crippen molar-refractivity contribution in [2.75, 3.05) is 13.7 Å². The van der Waals surface area contributed by atoms with Crippen LogP contribution in [0.1, 0.15) is 5.56 Å². The molecule has 1 N–H and O–H groups in total. The minimum Gasteiger partial charge on any atom is -0.496 e. The Kier molecular flexibility index (Phi) is 5.77. The van der Waals surface area contributed by atoms with Gasteiger partial charge in [-0.2, -0.15) is 0 Å². The highest BCUT2D eigenvalue weighted by atomic mass is 79.9. The van der Waals surface area contributed by atoms with Gasteiger partial charge in [0.15, 0.2) is 6.61 Å². The predicted molar refractivity (Wildman–Crippen MR) is 84.4 cm³/mol. The Bertz CT molecular complexity index is 646. The van der Waals surface area contributed by atoms with E-state index >= 15 is 0 Å². The zero-order valence-corrected chi connectivity index (χ0v) is 13.5. The molecule has 0 radical (unpaired) electrons. The number of carbonyl (C=O) groups is 1. The van der Waals surface area contributed by atoms with E-state index in [1.165, 1.54) is 24.3 Å². The largest absolute Gasteiger partial charge is 0.496 e. The van der Waals surface area contributed by atoms with Crippen LogP contribution in [0.25, 0.3) is 0 Å². The molecule has 0 atom stereocenters. The molecular weight excluding hydrogens is 353 g/mol. The van der Waals surface area contributed by atoms with Gasteiger partial charge in [0.1, 0.15) is 17.3 Å². The Balaban J connectivity index is 1.85. The van der Waals surface area contributed by atoms with E-state index in [1.54, 1.807) is 7.11 Å². The van der Waals surface area contributed by atoms with Crippen LogP contribution in [-0.4, -0.2) is 19.6 Å². The van der Waals surface area contributed by atoms with Crippen molar-refractivity contribution in [1.29, 1.82) is 0 Å². The number of halogens is 2. The molecule has 2 aromatic rings. The summed E-state index contributed by atoms with van der Waals surface area (Å²) in [6, 6.07) is 11.1. The molecule has 0 aliphatic carbocycles. The van der Waals surface area contributed by atoms with Crippen LogP contribution in [0.5, 0.6) is 11.5 Å². The lowest BCUT2D eigenvalue weighted by atomic mass is 10.2. The number of hydrogen-bond acceptors (Lipinski definition) is 3. The van der Waals surface area contributed by atoms with E-state index in [0.29, 0.717) is 18.0 Å². The van der Waals surface area contributed by atoms with Crippen LogP contribution < -0.4 is 14.8 Å². The van der Waals surface area contributed by atoms with E-state index in [4.69, 9.17) is 9.47 Å². The Hall–Kier alpha value is -2.08. The van der Waals surface area contributed by atoms with Crippen LogP contribution in [0.15, 0.2) is 46.9 Å². The van der Waals surface area contributed by atoms with E-state index < -0.39 is 0 Å². The van der Waals surface area contributed by atoms with Crippen molar-refractivity contribution in [2.24, 2.45) is 0 Å². The van der Waals surface area contributed by atoms with Crippen molar-refractivity contribution in [1.82, 2.24) is 5.32 Å². The van der Waals surface area contributed by atoms with Crippen molar-refractivity contribution in [3.8, 4) is 11.5 Å². The lowest BCUT2D eigenvalue weighted by molar-refractivity contribution is -0.123. The van der Waals surface area contributed by atoms with E-state index in [9.17, 15) is 9.18 Å². The molecule has 0 aliphatic rings. The fourth-order valence-corrected chi connectivity index (χ4v) is 2.22. The molecule has 0 heterocycles. The number of carbonyl (C=O) groups excluding carboxylic acids is 1. The summed E-state index contributed by atoms with van der Waals surface area (Å²) >= 11 is 3.38. The molecule has 22 heavy (non-hydrogen) atoms. The molecule has 0 fully saturated rings. The lowest BCUT2D eigenvalue weighted by Crippen LogP contribution is -2.28. The maximum atomic E-state index is 12.7. The van der Waals surface area contributed by atoms with Gasteiger partial charge in [0.25, 0.3) is 5.91 Å². The Labute approximate surface area is 136 Å². The third-order valence-electron chi connectivity index (χ3n) is 2.90. The predicted octanol–water partition coefficient (Wildman–Crippen LogP) is 3.29. The second-order valence-electron chi connectivity index (χ2n) is 4.48. The second-order valence-corrected chi connectivity index (χ2v) is 5.39. The third kappa shape index (κ3) is 4.73. The van der Waals surface area contributed by atoms with Gasteiger partial charge in [-0.25, -0.2) is 4.39 Å². The fraction of sp³-hybridized carbons (Fsp3) is 0.188. The zero-order valence-electron chi connectivity index (χ0n) is 11.9. The first-order chi connectivity index (χ1) is 10.6. The van der Waals surface area contributed by atoms with Crippen molar-refractivity contribution in [3.05, 3.63) is 58.3 Å². The quantitative estimate of drug-likeness (QED) is 0.851. The molecule has 0 aliphatic heterocycles. The Morgan fingerprint density at radius 2 is 1.95 bits per heavy atom. The van der Waals surface area contributed by atoms with Crippen LogP contribution in [0.2, 0.25) is 0 Å². The first kappa shape index (κ1) is 16.3. The molecule has 0 bridgehead atoms. The molecule has 2 aromatic carbocycles. The van der Waals surface area contributed by atoms with E-state index in [1.807, 2.05) is 18.2 Å². The highest BCUT2D eigenvalue weighted by molar-refractivity contribution is 9.10. The molecule has 2 rings (SSSR count). The van der Waals surface area contributed by atoms with Gasteiger partial charge in [0.2, 0.25) is 0 Å². The molecular formula is C16H15BrFNO3. The summed E-state index contributed by atoms with van der Waals surface area (Å²) < 4.78 is 24.2. The minimum atomic E-state index is -0.349. The van der Waals surface area contributed by atoms with Crippen LogP contribution >= 0.6 is 15.9 Å². The molecule has 0 saturated heterocycles. The molecule has 0 aromatic heterocycles. The normalized spacial score (nSPS) is 10.1. The monoisotopic (exact) mass is 367 g/mol. The van der Waals surface area contributed by atoms with Crippen molar-refractivity contribution in [2.45, 2.75) is 6.54 Å². The van der Waals surface area contributed by atoms with Gasteiger partial charge in [-0.1, -0.05) is 15.9 Å². The van der Waals surface area contributed by atoms with Gasteiger partial charge in [0.05, 0.1) is 7.11 Å².